The second-order valence-electron chi connectivity index (χ2n) is 5.02. The van der Waals surface area contributed by atoms with Gasteiger partial charge in [-0.1, -0.05) is 0 Å². The quantitative estimate of drug-likeness (QED) is 0.577. The van der Waals surface area contributed by atoms with Crippen molar-refractivity contribution in [1.29, 1.82) is 0 Å². The minimum atomic E-state index is -0.727. The lowest BCUT2D eigenvalue weighted by atomic mass is 9.92. The Balaban J connectivity index is 2.38. The second kappa shape index (κ2) is 5.46. The molecule has 0 bridgehead atoms. The summed E-state index contributed by atoms with van der Waals surface area (Å²) in [4.78, 5) is 22.9. The van der Waals surface area contributed by atoms with Gasteiger partial charge in [0.05, 0.1) is 17.6 Å². The van der Waals surface area contributed by atoms with E-state index in [0.717, 1.165) is 0 Å². The molecule has 17 heavy (non-hydrogen) atoms. The van der Waals surface area contributed by atoms with Crippen molar-refractivity contribution < 1.29 is 14.3 Å². The number of methoxy groups -OCH3 is 1. The molecule has 1 aliphatic heterocycles. The molecule has 0 aromatic carbocycles. The van der Waals surface area contributed by atoms with Gasteiger partial charge in [0, 0.05) is 20.2 Å². The molecule has 1 fully saturated rings. The molecule has 1 aliphatic rings. The molecule has 2 amide bonds. The summed E-state index contributed by atoms with van der Waals surface area (Å²) in [7, 11) is 1.63. The van der Waals surface area contributed by atoms with Crippen LogP contribution in [-0.4, -0.2) is 44.2 Å². The van der Waals surface area contributed by atoms with E-state index in [4.69, 9.17) is 10.5 Å². The standard InChI is InChI=1S/C11H21N3O3/c1-11(2,10(12)16)6-14-9(15)8-4-7(17-3)5-13-8/h7-8,13H,4-6H2,1-3H3,(H2,12,16)(H,14,15). The summed E-state index contributed by atoms with van der Waals surface area (Å²) in [6.07, 6.45) is 0.731. The Hall–Kier alpha value is -1.14. The Bertz CT molecular complexity index is 304. The first kappa shape index (κ1) is 13.9. The molecule has 98 valence electrons. The number of primary amides is 1. The van der Waals surface area contributed by atoms with E-state index >= 15 is 0 Å². The van der Waals surface area contributed by atoms with E-state index in [0.29, 0.717) is 13.0 Å². The van der Waals surface area contributed by atoms with Crippen LogP contribution in [0.5, 0.6) is 0 Å². The Morgan fingerprint density at radius 1 is 1.53 bits per heavy atom. The Morgan fingerprint density at radius 3 is 2.65 bits per heavy atom. The van der Waals surface area contributed by atoms with Crippen LogP contribution in [-0.2, 0) is 14.3 Å². The van der Waals surface area contributed by atoms with E-state index in [1.165, 1.54) is 0 Å². The molecule has 1 heterocycles. The van der Waals surface area contributed by atoms with Crippen LogP contribution in [0.1, 0.15) is 20.3 Å². The first-order chi connectivity index (χ1) is 7.86. The molecule has 6 nitrogen and oxygen atoms in total. The zero-order valence-corrected chi connectivity index (χ0v) is 10.6. The van der Waals surface area contributed by atoms with Gasteiger partial charge in [-0.3, -0.25) is 9.59 Å². The van der Waals surface area contributed by atoms with Crippen molar-refractivity contribution in [3.63, 3.8) is 0 Å². The predicted molar refractivity (Wildman–Crippen MR) is 63.2 cm³/mol. The number of nitrogens with one attached hydrogen (secondary N) is 2. The lowest BCUT2D eigenvalue weighted by molar-refractivity contribution is -0.127. The molecule has 4 N–H and O–H groups in total. The maximum absolute atomic E-state index is 11.8. The summed E-state index contributed by atoms with van der Waals surface area (Å²) in [6.45, 7) is 4.33. The lowest BCUT2D eigenvalue weighted by Gasteiger charge is -2.22. The van der Waals surface area contributed by atoms with E-state index in [9.17, 15) is 9.59 Å². The molecule has 0 aromatic rings. The van der Waals surface area contributed by atoms with E-state index in [-0.39, 0.29) is 24.6 Å². The molecule has 2 atom stereocenters. The fourth-order valence-electron chi connectivity index (χ4n) is 1.60. The minimum absolute atomic E-state index is 0.0786. The summed E-state index contributed by atoms with van der Waals surface area (Å²) in [5.74, 6) is -0.536. The molecule has 0 aromatic heterocycles. The Morgan fingerprint density at radius 2 is 2.18 bits per heavy atom. The van der Waals surface area contributed by atoms with E-state index in [1.54, 1.807) is 21.0 Å². The molecule has 0 saturated carbocycles. The van der Waals surface area contributed by atoms with Crippen LogP contribution in [0.3, 0.4) is 0 Å². The van der Waals surface area contributed by atoms with Gasteiger partial charge in [-0.2, -0.15) is 0 Å². The van der Waals surface area contributed by atoms with Crippen LogP contribution < -0.4 is 16.4 Å². The first-order valence-electron chi connectivity index (χ1n) is 5.70. The highest BCUT2D eigenvalue weighted by Crippen LogP contribution is 2.13. The number of carbonyl (C=O) groups excluding carboxylic acids is 2. The van der Waals surface area contributed by atoms with Crippen molar-refractivity contribution >= 4 is 11.8 Å². The van der Waals surface area contributed by atoms with Crippen molar-refractivity contribution in [2.45, 2.75) is 32.4 Å². The van der Waals surface area contributed by atoms with Gasteiger partial charge in [-0.15, -0.1) is 0 Å². The highest BCUT2D eigenvalue weighted by molar-refractivity contribution is 5.84. The summed E-state index contributed by atoms with van der Waals surface area (Å²) in [5, 5.41) is 5.80. The number of rotatable bonds is 5. The molecule has 1 rings (SSSR count). The smallest absolute Gasteiger partial charge is 0.237 e. The Kier molecular flexibility index (Phi) is 4.47. The van der Waals surface area contributed by atoms with Gasteiger partial charge in [-0.25, -0.2) is 0 Å². The van der Waals surface area contributed by atoms with Gasteiger partial charge in [0.2, 0.25) is 11.8 Å². The van der Waals surface area contributed by atoms with Crippen molar-refractivity contribution in [1.82, 2.24) is 10.6 Å². The second-order valence-corrected chi connectivity index (χ2v) is 5.02. The molecule has 0 aliphatic carbocycles. The van der Waals surface area contributed by atoms with Gasteiger partial charge in [-0.05, 0) is 20.3 Å². The van der Waals surface area contributed by atoms with Gasteiger partial charge in [0.15, 0.2) is 0 Å². The van der Waals surface area contributed by atoms with Crippen LogP contribution in [0.2, 0.25) is 0 Å². The van der Waals surface area contributed by atoms with E-state index in [2.05, 4.69) is 10.6 Å². The Labute approximate surface area is 101 Å². The highest BCUT2D eigenvalue weighted by atomic mass is 16.5. The van der Waals surface area contributed by atoms with Crippen LogP contribution >= 0.6 is 0 Å². The third-order valence-electron chi connectivity index (χ3n) is 3.11. The zero-order chi connectivity index (χ0) is 13.1. The molecular formula is C11H21N3O3. The van der Waals surface area contributed by atoms with Crippen molar-refractivity contribution in [2.75, 3.05) is 20.2 Å². The zero-order valence-electron chi connectivity index (χ0n) is 10.6. The van der Waals surface area contributed by atoms with Crippen LogP contribution in [0, 0.1) is 5.41 Å². The largest absolute Gasteiger partial charge is 0.380 e. The topological polar surface area (TPSA) is 93.4 Å². The number of hydrogen-bond acceptors (Lipinski definition) is 4. The van der Waals surface area contributed by atoms with Crippen molar-refractivity contribution in [3.8, 4) is 0 Å². The molecule has 2 unspecified atom stereocenters. The number of hydrogen-bond donors (Lipinski definition) is 3. The molecule has 0 radical (unpaired) electrons. The maximum Gasteiger partial charge on any atom is 0.237 e. The number of ether oxygens (including phenoxy) is 1. The summed E-state index contributed by atoms with van der Waals surface area (Å²) < 4.78 is 5.16. The number of carbonyl (C=O) groups is 2. The average molecular weight is 243 g/mol. The highest BCUT2D eigenvalue weighted by Gasteiger charge is 2.31. The molecule has 0 spiro atoms. The van der Waals surface area contributed by atoms with E-state index < -0.39 is 11.3 Å². The van der Waals surface area contributed by atoms with E-state index in [1.807, 2.05) is 0 Å². The summed E-state index contributed by atoms with van der Waals surface area (Å²) >= 11 is 0. The molecule has 6 heteroatoms. The number of amides is 2. The molecular weight excluding hydrogens is 222 g/mol. The monoisotopic (exact) mass is 243 g/mol. The minimum Gasteiger partial charge on any atom is -0.380 e. The van der Waals surface area contributed by atoms with Crippen LogP contribution in [0.4, 0.5) is 0 Å². The predicted octanol–water partition coefficient (Wildman–Crippen LogP) is -1.01. The third kappa shape index (κ3) is 3.67. The fraction of sp³-hybridized carbons (Fsp3) is 0.818. The lowest BCUT2D eigenvalue weighted by Crippen LogP contribution is -2.47. The first-order valence-corrected chi connectivity index (χ1v) is 5.70. The van der Waals surface area contributed by atoms with Gasteiger partial charge in [0.25, 0.3) is 0 Å². The van der Waals surface area contributed by atoms with Crippen LogP contribution in [0.15, 0.2) is 0 Å². The maximum atomic E-state index is 11.8. The SMILES string of the molecule is COC1CNC(C(=O)NCC(C)(C)C(N)=O)C1. The van der Waals surface area contributed by atoms with Gasteiger partial charge in [0.1, 0.15) is 0 Å². The fourth-order valence-corrected chi connectivity index (χ4v) is 1.60. The van der Waals surface area contributed by atoms with Gasteiger partial charge < -0.3 is 21.1 Å². The average Bonchev–Trinajstić information content (AvgIpc) is 2.74. The van der Waals surface area contributed by atoms with Crippen molar-refractivity contribution in [3.05, 3.63) is 0 Å². The summed E-state index contributed by atoms with van der Waals surface area (Å²) in [5.41, 5.74) is 4.50. The molecule has 1 saturated heterocycles. The number of nitrogens with two attached hydrogens (primary N) is 1. The summed E-state index contributed by atoms with van der Waals surface area (Å²) in [6, 6.07) is -0.247. The van der Waals surface area contributed by atoms with Crippen LogP contribution in [0.25, 0.3) is 0 Å². The van der Waals surface area contributed by atoms with Crippen molar-refractivity contribution in [2.24, 2.45) is 11.1 Å². The normalized spacial score (nSPS) is 24.6. The van der Waals surface area contributed by atoms with Gasteiger partial charge >= 0.3 is 0 Å². The third-order valence-corrected chi connectivity index (χ3v) is 3.11.